The van der Waals surface area contributed by atoms with Gasteiger partial charge in [0, 0.05) is 6.07 Å². The SMILES string of the molecule is O=C(Cl)c1cc(OC(F)(F)F)nc(CCl)c1C(F)F. The molecule has 0 unspecified atom stereocenters. The topological polar surface area (TPSA) is 39.2 Å². The van der Waals surface area contributed by atoms with E-state index in [2.05, 4.69) is 9.72 Å². The summed E-state index contributed by atoms with van der Waals surface area (Å²) in [7, 11) is 0. The van der Waals surface area contributed by atoms with Gasteiger partial charge in [0.1, 0.15) is 0 Å². The lowest BCUT2D eigenvalue weighted by Crippen LogP contribution is -2.19. The van der Waals surface area contributed by atoms with Crippen molar-refractivity contribution >= 4 is 28.4 Å². The van der Waals surface area contributed by atoms with Crippen LogP contribution in [0.2, 0.25) is 0 Å². The number of aromatic nitrogens is 1. The van der Waals surface area contributed by atoms with E-state index in [1.807, 2.05) is 0 Å². The number of carbonyl (C=O) groups excluding carboxylic acids is 1. The van der Waals surface area contributed by atoms with Crippen molar-refractivity contribution in [3.8, 4) is 5.88 Å². The molecule has 10 heteroatoms. The van der Waals surface area contributed by atoms with Crippen molar-refractivity contribution in [2.45, 2.75) is 18.7 Å². The van der Waals surface area contributed by atoms with Crippen molar-refractivity contribution in [3.05, 3.63) is 22.9 Å². The molecule has 0 saturated carbocycles. The largest absolute Gasteiger partial charge is 0.574 e. The summed E-state index contributed by atoms with van der Waals surface area (Å²) in [5, 5.41) is -1.36. The Morgan fingerprint density at radius 3 is 2.37 bits per heavy atom. The third kappa shape index (κ3) is 4.17. The fourth-order valence-corrected chi connectivity index (χ4v) is 1.62. The molecule has 3 nitrogen and oxygen atoms in total. The summed E-state index contributed by atoms with van der Waals surface area (Å²) >= 11 is 10.4. The van der Waals surface area contributed by atoms with E-state index in [0.717, 1.165) is 0 Å². The van der Waals surface area contributed by atoms with E-state index in [0.29, 0.717) is 6.07 Å². The molecule has 0 spiro atoms. The molecule has 0 N–H and O–H groups in total. The van der Waals surface area contributed by atoms with Gasteiger partial charge in [-0.1, -0.05) is 0 Å². The zero-order valence-corrected chi connectivity index (χ0v) is 10.3. The van der Waals surface area contributed by atoms with E-state index in [-0.39, 0.29) is 0 Å². The fourth-order valence-electron chi connectivity index (χ4n) is 1.26. The second kappa shape index (κ2) is 5.87. The normalized spacial score (nSPS) is 11.8. The molecular formula is C9H4Cl2F5NO2. The minimum atomic E-state index is -5.09. The van der Waals surface area contributed by atoms with Crippen molar-refractivity contribution in [3.63, 3.8) is 0 Å². The van der Waals surface area contributed by atoms with Gasteiger partial charge in [0.05, 0.1) is 22.7 Å². The maximum Gasteiger partial charge on any atom is 0.574 e. The van der Waals surface area contributed by atoms with Gasteiger partial charge in [0.15, 0.2) is 0 Å². The van der Waals surface area contributed by atoms with E-state index >= 15 is 0 Å². The molecule has 0 fully saturated rings. The summed E-state index contributed by atoms with van der Waals surface area (Å²) in [4.78, 5) is 14.2. The molecule has 0 aliphatic rings. The van der Waals surface area contributed by atoms with E-state index in [4.69, 9.17) is 23.2 Å². The van der Waals surface area contributed by atoms with Crippen LogP contribution < -0.4 is 4.74 Å². The van der Waals surface area contributed by atoms with E-state index in [1.54, 1.807) is 0 Å². The highest BCUT2D eigenvalue weighted by molar-refractivity contribution is 6.68. The zero-order valence-electron chi connectivity index (χ0n) is 8.77. The molecule has 19 heavy (non-hydrogen) atoms. The van der Waals surface area contributed by atoms with E-state index in [1.165, 1.54) is 0 Å². The average Bonchev–Trinajstić information content (AvgIpc) is 2.24. The van der Waals surface area contributed by atoms with Gasteiger partial charge in [0.2, 0.25) is 5.88 Å². The lowest BCUT2D eigenvalue weighted by molar-refractivity contribution is -0.276. The maximum atomic E-state index is 12.7. The number of halogens is 7. The number of pyridine rings is 1. The highest BCUT2D eigenvalue weighted by atomic mass is 35.5. The molecule has 1 aromatic rings. The highest BCUT2D eigenvalue weighted by Gasteiger charge is 2.33. The quantitative estimate of drug-likeness (QED) is 0.477. The van der Waals surface area contributed by atoms with Crippen molar-refractivity contribution in [2.75, 3.05) is 0 Å². The molecule has 0 aliphatic carbocycles. The fraction of sp³-hybridized carbons (Fsp3) is 0.333. The van der Waals surface area contributed by atoms with Crippen LogP contribution in [0.15, 0.2) is 6.07 Å². The lowest BCUT2D eigenvalue weighted by Gasteiger charge is -2.13. The summed E-state index contributed by atoms with van der Waals surface area (Å²) in [5.41, 5.74) is -2.35. The Labute approximate surface area is 113 Å². The predicted octanol–water partition coefficient (Wildman–Crippen LogP) is 4.04. The molecule has 106 valence electrons. The standard InChI is InChI=1S/C9H4Cl2F5NO2/c10-2-4-6(8(12)13)3(7(11)18)1-5(17-4)19-9(14,15)16/h1,8H,2H2. The number of hydrogen-bond donors (Lipinski definition) is 0. The molecule has 0 radical (unpaired) electrons. The van der Waals surface area contributed by atoms with Gasteiger partial charge < -0.3 is 4.74 Å². The van der Waals surface area contributed by atoms with Gasteiger partial charge in [-0.2, -0.15) is 0 Å². The first-order valence-electron chi connectivity index (χ1n) is 4.49. The third-order valence-corrected chi connectivity index (χ3v) is 2.35. The van der Waals surface area contributed by atoms with Crippen molar-refractivity contribution in [1.29, 1.82) is 0 Å². The van der Waals surface area contributed by atoms with Crippen LogP contribution in [0.3, 0.4) is 0 Å². The number of rotatable bonds is 4. The predicted molar refractivity (Wildman–Crippen MR) is 55.6 cm³/mol. The second-order valence-corrected chi connectivity index (χ2v) is 3.73. The Hall–Kier alpha value is -1.15. The third-order valence-electron chi connectivity index (χ3n) is 1.89. The summed E-state index contributed by atoms with van der Waals surface area (Å²) < 4.78 is 64.9. The Kier molecular flexibility index (Phi) is 4.92. The van der Waals surface area contributed by atoms with Crippen LogP contribution in [-0.4, -0.2) is 16.6 Å². The highest BCUT2D eigenvalue weighted by Crippen LogP contribution is 2.32. The van der Waals surface area contributed by atoms with E-state index in [9.17, 15) is 26.7 Å². The number of ether oxygens (including phenoxy) is 1. The lowest BCUT2D eigenvalue weighted by atomic mass is 10.1. The number of nitrogens with zero attached hydrogens (tertiary/aromatic N) is 1. The molecule has 1 rings (SSSR count). The summed E-state index contributed by atoms with van der Waals surface area (Å²) in [6.07, 6.45) is -8.26. The summed E-state index contributed by atoms with van der Waals surface area (Å²) in [5.74, 6) is -1.72. The van der Waals surface area contributed by atoms with Crippen molar-refractivity contribution in [1.82, 2.24) is 4.98 Å². The molecule has 1 heterocycles. The molecule has 0 aliphatic heterocycles. The molecule has 0 saturated heterocycles. The number of carbonyl (C=O) groups is 1. The van der Waals surface area contributed by atoms with Crippen LogP contribution in [-0.2, 0) is 5.88 Å². The minimum absolute atomic E-state index is 0.389. The number of alkyl halides is 6. The number of hydrogen-bond acceptors (Lipinski definition) is 3. The van der Waals surface area contributed by atoms with Gasteiger partial charge in [-0.25, -0.2) is 13.8 Å². The van der Waals surface area contributed by atoms with Gasteiger partial charge in [0.25, 0.3) is 11.7 Å². The summed E-state index contributed by atoms with van der Waals surface area (Å²) in [6.45, 7) is 0. The Morgan fingerprint density at radius 1 is 1.42 bits per heavy atom. The van der Waals surface area contributed by atoms with Gasteiger partial charge in [-0.15, -0.1) is 24.8 Å². The molecule has 1 aromatic heterocycles. The zero-order chi connectivity index (χ0) is 14.8. The van der Waals surface area contributed by atoms with Crippen LogP contribution >= 0.6 is 23.2 Å². The summed E-state index contributed by atoms with van der Waals surface area (Å²) in [6, 6.07) is 0.389. The average molecular weight is 324 g/mol. The first-order valence-corrected chi connectivity index (χ1v) is 5.40. The molecule has 0 amide bonds. The van der Waals surface area contributed by atoms with Gasteiger partial charge in [-0.05, 0) is 11.6 Å². The van der Waals surface area contributed by atoms with Crippen LogP contribution in [0.25, 0.3) is 0 Å². The van der Waals surface area contributed by atoms with Crippen LogP contribution in [0, 0.1) is 0 Å². The molecular weight excluding hydrogens is 320 g/mol. The maximum absolute atomic E-state index is 12.7. The van der Waals surface area contributed by atoms with Gasteiger partial charge in [-0.3, -0.25) is 4.79 Å². The Balaban J connectivity index is 3.40. The van der Waals surface area contributed by atoms with Crippen molar-refractivity contribution < 1.29 is 31.5 Å². The van der Waals surface area contributed by atoms with Crippen LogP contribution in [0.1, 0.15) is 28.0 Å². The second-order valence-electron chi connectivity index (χ2n) is 3.12. The minimum Gasteiger partial charge on any atom is -0.388 e. The molecule has 0 atom stereocenters. The smallest absolute Gasteiger partial charge is 0.388 e. The Bertz CT molecular complexity index is 492. The van der Waals surface area contributed by atoms with Crippen LogP contribution in [0.5, 0.6) is 5.88 Å². The van der Waals surface area contributed by atoms with Gasteiger partial charge >= 0.3 is 6.36 Å². The van der Waals surface area contributed by atoms with Crippen molar-refractivity contribution in [2.24, 2.45) is 0 Å². The Morgan fingerprint density at radius 2 is 2.00 bits per heavy atom. The van der Waals surface area contributed by atoms with Crippen LogP contribution in [0.4, 0.5) is 22.0 Å². The molecule has 0 aromatic carbocycles. The first kappa shape index (κ1) is 15.9. The first-order chi connectivity index (χ1) is 8.65. The van der Waals surface area contributed by atoms with E-state index < -0.39 is 46.6 Å². The molecule has 0 bridgehead atoms. The monoisotopic (exact) mass is 323 g/mol.